The van der Waals surface area contributed by atoms with Gasteiger partial charge in [-0.15, -0.1) is 0 Å². The largest absolute Gasteiger partial charge is 0.416 e. The van der Waals surface area contributed by atoms with Crippen molar-refractivity contribution in [3.8, 4) is 0 Å². The van der Waals surface area contributed by atoms with Gasteiger partial charge in [-0.1, -0.05) is 6.07 Å². The van der Waals surface area contributed by atoms with Crippen LogP contribution in [-0.2, 0) is 12.6 Å². The summed E-state index contributed by atoms with van der Waals surface area (Å²) in [4.78, 5) is 5.32. The van der Waals surface area contributed by atoms with Crippen molar-refractivity contribution >= 4 is 22.7 Å². The Kier molecular flexibility index (Phi) is 3.31. The van der Waals surface area contributed by atoms with Crippen LogP contribution in [0, 0.1) is 0 Å². The van der Waals surface area contributed by atoms with Crippen LogP contribution in [0.3, 0.4) is 0 Å². The molecule has 0 unspecified atom stereocenters. The van der Waals surface area contributed by atoms with Gasteiger partial charge in [0.2, 0.25) is 0 Å². The molecule has 0 fully saturated rings. The molecule has 17 heavy (non-hydrogen) atoms. The molecule has 1 aromatic carbocycles. The summed E-state index contributed by atoms with van der Waals surface area (Å²) >= 11 is 5.35. The maximum atomic E-state index is 12.5. The minimum absolute atomic E-state index is 0.490. The predicted molar refractivity (Wildman–Crippen MR) is 60.9 cm³/mol. The van der Waals surface area contributed by atoms with Gasteiger partial charge in [-0.3, -0.25) is 0 Å². The summed E-state index contributed by atoms with van der Waals surface area (Å²) in [7, 11) is 0. The van der Waals surface area contributed by atoms with Gasteiger partial charge in [-0.2, -0.15) is 13.2 Å². The Labute approximate surface area is 101 Å². The van der Waals surface area contributed by atoms with E-state index in [-0.39, 0.29) is 0 Å². The second-order valence-corrected chi connectivity index (χ2v) is 3.97. The SMILES string of the molecule is FC(F)(F)c1ccc2c(CCNCl)c[nH]c2c1. The summed E-state index contributed by atoms with van der Waals surface area (Å²) in [5.74, 6) is 0. The van der Waals surface area contributed by atoms with Crippen LogP contribution in [0.2, 0.25) is 0 Å². The Balaban J connectivity index is 2.38. The van der Waals surface area contributed by atoms with Gasteiger partial charge in [-0.05, 0) is 35.9 Å². The van der Waals surface area contributed by atoms with Crippen LogP contribution in [-0.4, -0.2) is 11.5 Å². The Morgan fingerprint density at radius 2 is 2.06 bits per heavy atom. The zero-order valence-electron chi connectivity index (χ0n) is 8.74. The fraction of sp³-hybridized carbons (Fsp3) is 0.273. The van der Waals surface area contributed by atoms with Crippen LogP contribution < -0.4 is 4.84 Å². The lowest BCUT2D eigenvalue weighted by molar-refractivity contribution is -0.137. The highest BCUT2D eigenvalue weighted by Crippen LogP contribution is 2.31. The number of aromatic amines is 1. The summed E-state index contributed by atoms with van der Waals surface area (Å²) in [5, 5.41) is 0.796. The van der Waals surface area contributed by atoms with Gasteiger partial charge in [-0.25, -0.2) is 4.84 Å². The highest BCUT2D eigenvalue weighted by molar-refractivity contribution is 6.13. The number of aromatic nitrogens is 1. The smallest absolute Gasteiger partial charge is 0.361 e. The molecule has 92 valence electrons. The second-order valence-electron chi connectivity index (χ2n) is 3.71. The molecule has 2 N–H and O–H groups in total. The summed E-state index contributed by atoms with van der Waals surface area (Å²) in [5.41, 5.74) is 0.792. The molecule has 2 rings (SSSR count). The van der Waals surface area contributed by atoms with E-state index >= 15 is 0 Å². The van der Waals surface area contributed by atoms with Crippen molar-refractivity contribution in [2.24, 2.45) is 0 Å². The molecule has 2 nitrogen and oxygen atoms in total. The second kappa shape index (κ2) is 4.58. The maximum absolute atomic E-state index is 12.5. The molecule has 0 amide bonds. The van der Waals surface area contributed by atoms with Crippen LogP contribution in [0.1, 0.15) is 11.1 Å². The van der Waals surface area contributed by atoms with Crippen LogP contribution in [0.25, 0.3) is 10.9 Å². The third-order valence-electron chi connectivity index (χ3n) is 2.58. The number of halogens is 4. The number of rotatable bonds is 3. The molecule has 0 bridgehead atoms. The van der Waals surface area contributed by atoms with E-state index in [1.165, 1.54) is 6.07 Å². The summed E-state index contributed by atoms with van der Waals surface area (Å²) < 4.78 is 37.5. The average Bonchev–Trinajstić information content (AvgIpc) is 2.67. The molecule has 0 aliphatic carbocycles. The normalized spacial score (nSPS) is 12.2. The Hall–Kier alpha value is -1.20. The molecule has 0 aliphatic rings. The fourth-order valence-corrected chi connectivity index (χ4v) is 1.85. The van der Waals surface area contributed by atoms with Gasteiger partial charge >= 0.3 is 6.18 Å². The molecule has 0 radical (unpaired) electrons. The molecule has 0 spiro atoms. The third-order valence-corrected chi connectivity index (χ3v) is 2.77. The molecule has 1 heterocycles. The zero-order valence-corrected chi connectivity index (χ0v) is 9.49. The first kappa shape index (κ1) is 12.3. The Bertz CT molecular complexity index is 519. The minimum Gasteiger partial charge on any atom is -0.361 e. The number of hydrogen-bond acceptors (Lipinski definition) is 1. The Morgan fingerprint density at radius 1 is 1.29 bits per heavy atom. The summed E-state index contributed by atoms with van der Waals surface area (Å²) in [6, 6.07) is 3.69. The number of alkyl halides is 3. The first-order chi connectivity index (χ1) is 8.02. The van der Waals surface area contributed by atoms with Gasteiger partial charge < -0.3 is 4.98 Å². The van der Waals surface area contributed by atoms with Crippen molar-refractivity contribution in [1.29, 1.82) is 0 Å². The van der Waals surface area contributed by atoms with E-state index < -0.39 is 11.7 Å². The lowest BCUT2D eigenvalue weighted by Gasteiger charge is -2.06. The molecule has 6 heteroatoms. The summed E-state index contributed by atoms with van der Waals surface area (Å²) in [6.45, 7) is 0.565. The van der Waals surface area contributed by atoms with Gasteiger partial charge in [0, 0.05) is 23.6 Å². The molecule has 0 saturated heterocycles. The first-order valence-corrected chi connectivity index (χ1v) is 5.41. The number of fused-ring (bicyclic) bond motifs is 1. The molecular formula is C11H10ClF3N2. The van der Waals surface area contributed by atoms with Crippen molar-refractivity contribution in [2.75, 3.05) is 6.54 Å². The van der Waals surface area contributed by atoms with E-state index in [2.05, 4.69) is 9.82 Å². The third kappa shape index (κ3) is 2.56. The maximum Gasteiger partial charge on any atom is 0.416 e. The van der Waals surface area contributed by atoms with Crippen molar-refractivity contribution in [2.45, 2.75) is 12.6 Å². The molecule has 2 aromatic rings. The lowest BCUT2D eigenvalue weighted by atomic mass is 10.1. The fourth-order valence-electron chi connectivity index (χ4n) is 1.75. The molecule has 0 saturated carbocycles. The highest BCUT2D eigenvalue weighted by atomic mass is 35.5. The van der Waals surface area contributed by atoms with Crippen molar-refractivity contribution in [1.82, 2.24) is 9.82 Å². The van der Waals surface area contributed by atoms with E-state index in [1.807, 2.05) is 0 Å². The van der Waals surface area contributed by atoms with Gasteiger partial charge in [0.05, 0.1) is 5.56 Å². The quantitative estimate of drug-likeness (QED) is 0.815. The number of H-pyrrole nitrogens is 1. The van der Waals surface area contributed by atoms with Crippen molar-refractivity contribution < 1.29 is 13.2 Å². The van der Waals surface area contributed by atoms with Crippen LogP contribution in [0.5, 0.6) is 0 Å². The van der Waals surface area contributed by atoms with Gasteiger partial charge in [0.15, 0.2) is 0 Å². The molecule has 0 atom stereocenters. The summed E-state index contributed by atoms with van der Waals surface area (Å²) in [6.07, 6.45) is -1.94. The van der Waals surface area contributed by atoms with Crippen molar-refractivity contribution in [3.05, 3.63) is 35.5 Å². The van der Waals surface area contributed by atoms with E-state index in [1.54, 1.807) is 6.20 Å². The Morgan fingerprint density at radius 3 is 2.71 bits per heavy atom. The van der Waals surface area contributed by atoms with E-state index in [0.29, 0.717) is 18.5 Å². The van der Waals surface area contributed by atoms with Crippen LogP contribution in [0.15, 0.2) is 24.4 Å². The zero-order chi connectivity index (χ0) is 12.5. The van der Waals surface area contributed by atoms with E-state index in [0.717, 1.165) is 23.1 Å². The van der Waals surface area contributed by atoms with Crippen molar-refractivity contribution in [3.63, 3.8) is 0 Å². The monoisotopic (exact) mass is 262 g/mol. The first-order valence-electron chi connectivity index (χ1n) is 5.03. The standard InChI is InChI=1S/C11H10ClF3N2/c12-17-4-3-7-6-16-10-5-8(11(13,14)15)1-2-9(7)10/h1-2,5-6,16-17H,3-4H2. The van der Waals surface area contributed by atoms with Gasteiger partial charge in [0.25, 0.3) is 0 Å². The van der Waals surface area contributed by atoms with Crippen LogP contribution in [0.4, 0.5) is 13.2 Å². The number of benzene rings is 1. The average molecular weight is 263 g/mol. The highest BCUT2D eigenvalue weighted by Gasteiger charge is 2.30. The number of hydrogen-bond donors (Lipinski definition) is 2. The van der Waals surface area contributed by atoms with Crippen LogP contribution >= 0.6 is 11.8 Å². The van der Waals surface area contributed by atoms with E-state index in [9.17, 15) is 13.2 Å². The minimum atomic E-state index is -4.31. The topological polar surface area (TPSA) is 27.8 Å². The number of nitrogens with one attached hydrogen (secondary N) is 2. The predicted octanol–water partition coefficient (Wildman–Crippen LogP) is 3.47. The van der Waals surface area contributed by atoms with Gasteiger partial charge in [0.1, 0.15) is 0 Å². The molecular weight excluding hydrogens is 253 g/mol. The lowest BCUT2D eigenvalue weighted by Crippen LogP contribution is -2.05. The molecule has 1 aromatic heterocycles. The molecule has 0 aliphatic heterocycles. The van der Waals surface area contributed by atoms with E-state index in [4.69, 9.17) is 11.8 Å².